The van der Waals surface area contributed by atoms with Gasteiger partial charge in [-0.25, -0.2) is 0 Å². The van der Waals surface area contributed by atoms with Crippen molar-refractivity contribution in [3.8, 4) is 6.01 Å². The van der Waals surface area contributed by atoms with Crippen LogP contribution in [0.2, 0.25) is 0 Å². The van der Waals surface area contributed by atoms with Gasteiger partial charge in [0.25, 0.3) is 0 Å². The summed E-state index contributed by atoms with van der Waals surface area (Å²) in [6.07, 6.45) is -0.919. The fourth-order valence-electron chi connectivity index (χ4n) is 1.83. The summed E-state index contributed by atoms with van der Waals surface area (Å²) in [4.78, 5) is 10.8. The molecule has 0 saturated carbocycles. The number of rotatable bonds is 5. The molecule has 0 atom stereocenters. The summed E-state index contributed by atoms with van der Waals surface area (Å²) in [6.45, 7) is 0. The fourth-order valence-corrected chi connectivity index (χ4v) is 1.83. The topological polar surface area (TPSA) is 84.7 Å². The van der Waals surface area contributed by atoms with E-state index in [1.54, 1.807) is 24.3 Å². The van der Waals surface area contributed by atoms with Crippen molar-refractivity contribution < 1.29 is 9.13 Å². The number of anilines is 2. The van der Waals surface area contributed by atoms with E-state index in [0.29, 0.717) is 11.4 Å². The Balaban J connectivity index is 1.71. The molecular weight excluding hydrogens is 311 g/mol. The molecule has 0 amide bonds. The van der Waals surface area contributed by atoms with Crippen LogP contribution in [0, 0.1) is 6.08 Å². The number of methoxy groups -OCH3 is 1. The Morgan fingerprint density at radius 3 is 2.21 bits per heavy atom. The number of azo groups is 1. The Kier molecular flexibility index (Phi) is 4.66. The van der Waals surface area contributed by atoms with Crippen molar-refractivity contribution in [2.75, 3.05) is 12.4 Å². The van der Waals surface area contributed by atoms with E-state index < -0.39 is 6.08 Å². The molecule has 2 aromatic carbocycles. The highest BCUT2D eigenvalue weighted by Crippen LogP contribution is 2.21. The third kappa shape index (κ3) is 4.07. The smallest absolute Gasteiger partial charge is 0.323 e. The van der Waals surface area contributed by atoms with Crippen molar-refractivity contribution >= 4 is 23.0 Å². The lowest BCUT2D eigenvalue weighted by Crippen LogP contribution is -2.03. The van der Waals surface area contributed by atoms with Gasteiger partial charge in [0.2, 0.25) is 5.95 Å². The van der Waals surface area contributed by atoms with Crippen LogP contribution in [-0.4, -0.2) is 22.1 Å². The van der Waals surface area contributed by atoms with E-state index in [-0.39, 0.29) is 12.0 Å². The highest BCUT2D eigenvalue weighted by Gasteiger charge is 2.06. The van der Waals surface area contributed by atoms with Gasteiger partial charge in [-0.1, -0.05) is 18.2 Å². The summed E-state index contributed by atoms with van der Waals surface area (Å²) in [5.74, 6) is 0.0537. The number of benzene rings is 2. The number of nitrogens with one attached hydrogen (secondary N) is 1. The molecule has 8 heteroatoms. The van der Waals surface area contributed by atoms with Crippen molar-refractivity contribution in [2.45, 2.75) is 0 Å². The van der Waals surface area contributed by atoms with Gasteiger partial charge in [0, 0.05) is 5.69 Å². The minimum Gasteiger partial charge on any atom is -0.467 e. The summed E-state index contributed by atoms with van der Waals surface area (Å²) < 4.78 is 18.0. The van der Waals surface area contributed by atoms with Gasteiger partial charge in [0.15, 0.2) is 0 Å². The van der Waals surface area contributed by atoms with Crippen LogP contribution in [-0.2, 0) is 0 Å². The SMILES string of the molecule is COc1nc(F)nc(Nc2ccc(N=Nc3ccccc3)cc2)n1. The van der Waals surface area contributed by atoms with E-state index in [1.807, 2.05) is 30.3 Å². The second-order valence-electron chi connectivity index (χ2n) is 4.62. The first-order valence-corrected chi connectivity index (χ1v) is 7.02. The molecular formula is C16H13FN6O. The molecule has 7 nitrogen and oxygen atoms in total. The van der Waals surface area contributed by atoms with Crippen LogP contribution in [0.1, 0.15) is 0 Å². The van der Waals surface area contributed by atoms with E-state index in [9.17, 15) is 4.39 Å². The van der Waals surface area contributed by atoms with Gasteiger partial charge < -0.3 is 10.1 Å². The molecule has 1 heterocycles. The van der Waals surface area contributed by atoms with E-state index in [0.717, 1.165) is 5.69 Å². The highest BCUT2D eigenvalue weighted by molar-refractivity contribution is 5.56. The molecule has 3 aromatic rings. The number of nitrogens with zero attached hydrogens (tertiary/aromatic N) is 5. The van der Waals surface area contributed by atoms with Crippen LogP contribution in [0.4, 0.5) is 27.4 Å². The average molecular weight is 324 g/mol. The lowest BCUT2D eigenvalue weighted by Gasteiger charge is -2.05. The molecule has 0 bridgehead atoms. The van der Waals surface area contributed by atoms with Gasteiger partial charge in [-0.15, -0.1) is 4.98 Å². The Bertz CT molecular complexity index is 839. The predicted molar refractivity (Wildman–Crippen MR) is 86.7 cm³/mol. The van der Waals surface area contributed by atoms with Crippen molar-refractivity contribution in [3.05, 3.63) is 60.7 Å². The summed E-state index contributed by atoms with van der Waals surface area (Å²) in [5.41, 5.74) is 2.12. The molecule has 24 heavy (non-hydrogen) atoms. The quantitative estimate of drug-likeness (QED) is 0.712. The molecule has 0 aliphatic heterocycles. The second-order valence-corrected chi connectivity index (χ2v) is 4.62. The lowest BCUT2D eigenvalue weighted by molar-refractivity contribution is 0.363. The number of aromatic nitrogens is 3. The van der Waals surface area contributed by atoms with Crippen molar-refractivity contribution in [2.24, 2.45) is 10.2 Å². The van der Waals surface area contributed by atoms with E-state index in [1.165, 1.54) is 7.11 Å². The number of halogens is 1. The molecule has 0 saturated heterocycles. The number of ether oxygens (including phenoxy) is 1. The largest absolute Gasteiger partial charge is 0.467 e. The monoisotopic (exact) mass is 324 g/mol. The minimum atomic E-state index is -0.919. The maximum atomic E-state index is 13.2. The van der Waals surface area contributed by atoms with Crippen LogP contribution in [0.3, 0.4) is 0 Å². The Morgan fingerprint density at radius 2 is 1.54 bits per heavy atom. The normalized spacial score (nSPS) is 10.8. The molecule has 1 N–H and O–H groups in total. The predicted octanol–water partition coefficient (Wildman–Crippen LogP) is 4.18. The first-order valence-electron chi connectivity index (χ1n) is 7.02. The first kappa shape index (κ1) is 15.5. The van der Waals surface area contributed by atoms with Crippen LogP contribution in [0.25, 0.3) is 0 Å². The molecule has 0 spiro atoms. The van der Waals surface area contributed by atoms with Gasteiger partial charge in [-0.05, 0) is 36.4 Å². The van der Waals surface area contributed by atoms with Crippen molar-refractivity contribution in [1.82, 2.24) is 15.0 Å². The van der Waals surface area contributed by atoms with Crippen LogP contribution >= 0.6 is 0 Å². The zero-order valence-corrected chi connectivity index (χ0v) is 12.7. The van der Waals surface area contributed by atoms with Crippen LogP contribution in [0.5, 0.6) is 6.01 Å². The van der Waals surface area contributed by atoms with Crippen molar-refractivity contribution in [3.63, 3.8) is 0 Å². The van der Waals surface area contributed by atoms with Gasteiger partial charge in [0.05, 0.1) is 18.5 Å². The molecule has 120 valence electrons. The molecule has 0 aliphatic carbocycles. The highest BCUT2D eigenvalue weighted by atomic mass is 19.1. The Hall–Kier alpha value is -3.42. The van der Waals surface area contributed by atoms with Gasteiger partial charge in [-0.3, -0.25) is 0 Å². The molecule has 0 radical (unpaired) electrons. The Morgan fingerprint density at radius 1 is 0.875 bits per heavy atom. The summed E-state index contributed by atoms with van der Waals surface area (Å²) in [6, 6.07) is 16.4. The molecule has 1 aromatic heterocycles. The van der Waals surface area contributed by atoms with Crippen LogP contribution in [0.15, 0.2) is 64.8 Å². The van der Waals surface area contributed by atoms with E-state index >= 15 is 0 Å². The number of hydrogen-bond acceptors (Lipinski definition) is 7. The molecule has 3 rings (SSSR count). The van der Waals surface area contributed by atoms with E-state index in [4.69, 9.17) is 4.74 Å². The van der Waals surface area contributed by atoms with Gasteiger partial charge in [-0.2, -0.15) is 24.6 Å². The molecule has 0 aliphatic rings. The summed E-state index contributed by atoms with van der Waals surface area (Å²) >= 11 is 0. The third-order valence-corrected chi connectivity index (χ3v) is 2.93. The third-order valence-electron chi connectivity index (χ3n) is 2.93. The zero-order chi connectivity index (χ0) is 16.8. The lowest BCUT2D eigenvalue weighted by atomic mass is 10.3. The maximum absolute atomic E-state index is 13.2. The fraction of sp³-hybridized carbons (Fsp3) is 0.0625. The Labute approximate surface area is 137 Å². The second kappa shape index (κ2) is 7.23. The molecule has 0 fully saturated rings. The van der Waals surface area contributed by atoms with Gasteiger partial charge in [0.1, 0.15) is 0 Å². The maximum Gasteiger partial charge on any atom is 0.323 e. The van der Waals surface area contributed by atoms with E-state index in [2.05, 4.69) is 30.5 Å². The van der Waals surface area contributed by atoms with Crippen molar-refractivity contribution in [1.29, 1.82) is 0 Å². The average Bonchev–Trinajstić information content (AvgIpc) is 2.61. The summed E-state index contributed by atoms with van der Waals surface area (Å²) in [5, 5.41) is 11.1. The first-order chi connectivity index (χ1) is 11.7. The number of hydrogen-bond donors (Lipinski definition) is 1. The molecule has 0 unspecified atom stereocenters. The standard InChI is InChI=1S/C16H13FN6O/c1-24-16-20-14(17)19-15(21-16)18-11-7-9-13(10-8-11)23-22-12-5-3-2-4-6-12/h2-10H,1H3,(H,18,19,20,21). The van der Waals surface area contributed by atoms with Crippen LogP contribution < -0.4 is 10.1 Å². The minimum absolute atomic E-state index is 0.0537. The van der Waals surface area contributed by atoms with Gasteiger partial charge >= 0.3 is 12.1 Å². The summed E-state index contributed by atoms with van der Waals surface area (Å²) in [7, 11) is 1.35. The zero-order valence-electron chi connectivity index (χ0n) is 12.7.